The SMILES string of the molecule is C=CC/C(C)=C(C=C)/C(=C\C=C(C)C)NC(C)C. The fourth-order valence-electron chi connectivity index (χ4n) is 1.62. The predicted octanol–water partition coefficient (Wildman–Crippen LogP) is 4.91. The summed E-state index contributed by atoms with van der Waals surface area (Å²) in [5.41, 5.74) is 4.85. The molecule has 0 saturated heterocycles. The van der Waals surface area contributed by atoms with Crippen LogP contribution in [0.4, 0.5) is 0 Å². The van der Waals surface area contributed by atoms with Crippen molar-refractivity contribution in [2.24, 2.45) is 0 Å². The lowest BCUT2D eigenvalue weighted by Crippen LogP contribution is -2.23. The van der Waals surface area contributed by atoms with Crippen LogP contribution in [0.5, 0.6) is 0 Å². The van der Waals surface area contributed by atoms with Gasteiger partial charge in [-0.2, -0.15) is 0 Å². The summed E-state index contributed by atoms with van der Waals surface area (Å²) in [7, 11) is 0. The van der Waals surface area contributed by atoms with Crippen molar-refractivity contribution in [2.45, 2.75) is 47.1 Å². The fraction of sp³-hybridized carbons (Fsp3) is 0.412. The first-order valence-electron chi connectivity index (χ1n) is 6.47. The Morgan fingerprint density at radius 2 is 1.72 bits per heavy atom. The van der Waals surface area contributed by atoms with Gasteiger partial charge in [0.05, 0.1) is 0 Å². The van der Waals surface area contributed by atoms with Gasteiger partial charge in [0.25, 0.3) is 0 Å². The van der Waals surface area contributed by atoms with E-state index in [2.05, 4.69) is 65.2 Å². The topological polar surface area (TPSA) is 12.0 Å². The molecule has 0 bridgehead atoms. The van der Waals surface area contributed by atoms with Crippen molar-refractivity contribution in [3.05, 3.63) is 59.9 Å². The van der Waals surface area contributed by atoms with Crippen molar-refractivity contribution in [3.8, 4) is 0 Å². The molecule has 0 heterocycles. The molecule has 0 rings (SSSR count). The molecule has 0 aromatic carbocycles. The lowest BCUT2D eigenvalue weighted by Gasteiger charge is -2.17. The van der Waals surface area contributed by atoms with E-state index in [4.69, 9.17) is 0 Å². The summed E-state index contributed by atoms with van der Waals surface area (Å²) in [6, 6.07) is 0.397. The van der Waals surface area contributed by atoms with Gasteiger partial charge in [-0.25, -0.2) is 0 Å². The van der Waals surface area contributed by atoms with Gasteiger partial charge in [0.15, 0.2) is 0 Å². The van der Waals surface area contributed by atoms with Gasteiger partial charge in [-0.1, -0.05) is 36.0 Å². The summed E-state index contributed by atoms with van der Waals surface area (Å²) in [6.07, 6.45) is 8.97. The molecule has 0 aromatic rings. The van der Waals surface area contributed by atoms with E-state index in [0.717, 1.165) is 12.1 Å². The Balaban J connectivity index is 5.46. The minimum absolute atomic E-state index is 0.397. The maximum atomic E-state index is 3.93. The first kappa shape index (κ1) is 16.5. The van der Waals surface area contributed by atoms with Crippen molar-refractivity contribution in [3.63, 3.8) is 0 Å². The summed E-state index contributed by atoms with van der Waals surface area (Å²) in [5, 5.41) is 3.48. The quantitative estimate of drug-likeness (QED) is 0.496. The fourth-order valence-corrected chi connectivity index (χ4v) is 1.62. The molecule has 0 fully saturated rings. The van der Waals surface area contributed by atoms with Crippen LogP contribution in [0.1, 0.15) is 41.0 Å². The zero-order chi connectivity index (χ0) is 14.1. The van der Waals surface area contributed by atoms with Gasteiger partial charge < -0.3 is 5.32 Å². The van der Waals surface area contributed by atoms with Gasteiger partial charge in [0.1, 0.15) is 0 Å². The van der Waals surface area contributed by atoms with Crippen LogP contribution in [0.15, 0.2) is 59.9 Å². The average Bonchev–Trinajstić information content (AvgIpc) is 2.26. The molecule has 0 amide bonds. The third kappa shape index (κ3) is 6.29. The molecule has 0 spiro atoms. The Morgan fingerprint density at radius 1 is 1.11 bits per heavy atom. The maximum absolute atomic E-state index is 3.93. The van der Waals surface area contributed by atoms with E-state index in [1.54, 1.807) is 0 Å². The highest BCUT2D eigenvalue weighted by molar-refractivity contribution is 5.43. The number of nitrogens with one attached hydrogen (secondary N) is 1. The molecule has 0 unspecified atom stereocenters. The van der Waals surface area contributed by atoms with Gasteiger partial charge in [0, 0.05) is 11.7 Å². The van der Waals surface area contributed by atoms with Gasteiger partial charge in [-0.15, -0.1) is 6.58 Å². The highest BCUT2D eigenvalue weighted by atomic mass is 14.9. The minimum atomic E-state index is 0.397. The number of allylic oxidation sites excluding steroid dienone is 6. The molecule has 1 N–H and O–H groups in total. The second-order valence-corrected chi connectivity index (χ2v) is 5.01. The molecule has 1 heteroatoms. The first-order chi connectivity index (χ1) is 8.42. The molecule has 0 aromatic heterocycles. The molecule has 18 heavy (non-hydrogen) atoms. The Bertz CT molecular complexity index is 374. The number of rotatable bonds is 7. The Morgan fingerprint density at radius 3 is 2.11 bits per heavy atom. The van der Waals surface area contributed by atoms with Crippen molar-refractivity contribution >= 4 is 0 Å². The third-order valence-electron chi connectivity index (χ3n) is 2.43. The average molecular weight is 245 g/mol. The van der Waals surface area contributed by atoms with Gasteiger partial charge in [-0.3, -0.25) is 0 Å². The summed E-state index contributed by atoms with van der Waals surface area (Å²) in [5.74, 6) is 0. The molecule has 1 nitrogen and oxygen atoms in total. The second kappa shape index (κ2) is 8.57. The predicted molar refractivity (Wildman–Crippen MR) is 83.5 cm³/mol. The summed E-state index contributed by atoms with van der Waals surface area (Å²) >= 11 is 0. The molecular weight excluding hydrogens is 218 g/mol. The molecular formula is C17H27N. The Labute approximate surface area is 113 Å². The van der Waals surface area contributed by atoms with Crippen LogP contribution in [0.3, 0.4) is 0 Å². The largest absolute Gasteiger partial charge is 0.382 e. The minimum Gasteiger partial charge on any atom is -0.382 e. The van der Waals surface area contributed by atoms with E-state index in [9.17, 15) is 0 Å². The van der Waals surface area contributed by atoms with Crippen LogP contribution in [0.2, 0.25) is 0 Å². The van der Waals surface area contributed by atoms with Crippen LogP contribution in [-0.4, -0.2) is 6.04 Å². The monoisotopic (exact) mass is 245 g/mol. The highest BCUT2D eigenvalue weighted by Crippen LogP contribution is 2.18. The van der Waals surface area contributed by atoms with Gasteiger partial charge in [0.2, 0.25) is 0 Å². The van der Waals surface area contributed by atoms with E-state index < -0.39 is 0 Å². The van der Waals surface area contributed by atoms with E-state index >= 15 is 0 Å². The molecule has 100 valence electrons. The van der Waals surface area contributed by atoms with Crippen LogP contribution < -0.4 is 5.32 Å². The summed E-state index contributed by atoms with van der Waals surface area (Å²) < 4.78 is 0. The Kier molecular flexibility index (Phi) is 7.86. The van der Waals surface area contributed by atoms with Gasteiger partial charge in [-0.05, 0) is 52.7 Å². The van der Waals surface area contributed by atoms with Gasteiger partial charge >= 0.3 is 0 Å². The van der Waals surface area contributed by atoms with E-state index in [1.807, 2.05) is 12.2 Å². The zero-order valence-corrected chi connectivity index (χ0v) is 12.5. The van der Waals surface area contributed by atoms with Crippen molar-refractivity contribution < 1.29 is 0 Å². The van der Waals surface area contributed by atoms with Crippen molar-refractivity contribution in [1.29, 1.82) is 0 Å². The molecule has 0 radical (unpaired) electrons. The smallest absolute Gasteiger partial charge is 0.0415 e. The normalized spacial score (nSPS) is 12.9. The summed E-state index contributed by atoms with van der Waals surface area (Å²) in [4.78, 5) is 0. The molecule has 0 aliphatic heterocycles. The van der Waals surface area contributed by atoms with Crippen LogP contribution >= 0.6 is 0 Å². The maximum Gasteiger partial charge on any atom is 0.0415 e. The lowest BCUT2D eigenvalue weighted by atomic mass is 10.0. The molecule has 0 aliphatic rings. The van der Waals surface area contributed by atoms with E-state index in [-0.39, 0.29) is 0 Å². The standard InChI is InChI=1S/C17H27N/c1-8-10-15(7)16(9-2)17(18-14(5)6)12-11-13(3)4/h8-9,11-12,14,18H,1-2,10H2,3-7H3/b16-15+,17-12+. The molecule has 0 aliphatic carbocycles. The highest BCUT2D eigenvalue weighted by Gasteiger charge is 2.05. The van der Waals surface area contributed by atoms with E-state index in [1.165, 1.54) is 16.7 Å². The lowest BCUT2D eigenvalue weighted by molar-refractivity contribution is 0.675. The summed E-state index contributed by atoms with van der Waals surface area (Å²) in [6.45, 7) is 18.3. The van der Waals surface area contributed by atoms with Crippen LogP contribution in [-0.2, 0) is 0 Å². The first-order valence-corrected chi connectivity index (χ1v) is 6.47. The van der Waals surface area contributed by atoms with E-state index in [0.29, 0.717) is 6.04 Å². The van der Waals surface area contributed by atoms with Crippen LogP contribution in [0, 0.1) is 0 Å². The molecule has 0 atom stereocenters. The number of hydrogen-bond acceptors (Lipinski definition) is 1. The zero-order valence-electron chi connectivity index (χ0n) is 12.5. The van der Waals surface area contributed by atoms with Crippen molar-refractivity contribution in [2.75, 3.05) is 0 Å². The van der Waals surface area contributed by atoms with Crippen LogP contribution in [0.25, 0.3) is 0 Å². The third-order valence-corrected chi connectivity index (χ3v) is 2.43. The number of hydrogen-bond donors (Lipinski definition) is 1. The Hall–Kier alpha value is -1.50. The molecule has 0 saturated carbocycles. The second-order valence-electron chi connectivity index (χ2n) is 5.01. The van der Waals surface area contributed by atoms with Crippen molar-refractivity contribution in [1.82, 2.24) is 5.32 Å².